The van der Waals surface area contributed by atoms with E-state index in [0.29, 0.717) is 37.3 Å². The maximum Gasteiger partial charge on any atom is 0.147 e. The summed E-state index contributed by atoms with van der Waals surface area (Å²) in [7, 11) is 0. The molecule has 1 aliphatic heterocycles. The molecule has 3 rings (SSSR count). The van der Waals surface area contributed by atoms with Crippen LogP contribution < -0.4 is 0 Å². The lowest BCUT2D eigenvalue weighted by Gasteiger charge is -2.29. The Hall–Kier alpha value is -1.50. The second-order valence-corrected chi connectivity index (χ2v) is 5.95. The van der Waals surface area contributed by atoms with Crippen LogP contribution >= 0.6 is 11.6 Å². The van der Waals surface area contributed by atoms with Gasteiger partial charge in [-0.05, 0) is 13.0 Å². The summed E-state index contributed by atoms with van der Waals surface area (Å²) in [5.41, 5.74) is -0.101. The number of hydrogen-bond donors (Lipinski definition) is 1. The number of benzene rings is 1. The molecular formula is C15H17ClFN3O2. The molecule has 1 saturated heterocycles. The zero-order chi connectivity index (χ0) is 15.7. The molecule has 0 spiro atoms. The molecule has 0 bridgehead atoms. The molecule has 0 aliphatic carbocycles. The standard InChI is InChI=1S/C15H17ClFN3O2/c1-10(11-3-2-4-12(16)14(11)17)20-9-13(18-19-20)15(21)5-7-22-8-6-15/h2-4,9-10,21H,5-8H2,1H3. The first-order valence-electron chi connectivity index (χ1n) is 7.17. The van der Waals surface area contributed by atoms with Crippen molar-refractivity contribution in [2.75, 3.05) is 13.2 Å². The van der Waals surface area contributed by atoms with Crippen molar-refractivity contribution in [2.45, 2.75) is 31.4 Å². The van der Waals surface area contributed by atoms with Gasteiger partial charge in [0.2, 0.25) is 0 Å². The van der Waals surface area contributed by atoms with E-state index in [9.17, 15) is 9.50 Å². The molecule has 0 radical (unpaired) electrons. The number of halogens is 2. The summed E-state index contributed by atoms with van der Waals surface area (Å²) in [4.78, 5) is 0. The second kappa shape index (κ2) is 5.95. The summed E-state index contributed by atoms with van der Waals surface area (Å²) in [5, 5.41) is 18.8. The van der Waals surface area contributed by atoms with Crippen molar-refractivity contribution >= 4 is 11.6 Å². The predicted molar refractivity (Wildman–Crippen MR) is 79.2 cm³/mol. The zero-order valence-electron chi connectivity index (χ0n) is 12.2. The highest BCUT2D eigenvalue weighted by Crippen LogP contribution is 2.31. The lowest BCUT2D eigenvalue weighted by Crippen LogP contribution is -2.33. The molecule has 1 atom stereocenters. The highest BCUT2D eigenvalue weighted by molar-refractivity contribution is 6.30. The summed E-state index contributed by atoms with van der Waals surface area (Å²) in [5.74, 6) is -0.460. The fourth-order valence-corrected chi connectivity index (χ4v) is 2.81. The molecule has 1 aromatic carbocycles. The van der Waals surface area contributed by atoms with E-state index in [4.69, 9.17) is 16.3 Å². The van der Waals surface area contributed by atoms with Crippen molar-refractivity contribution in [1.82, 2.24) is 15.0 Å². The van der Waals surface area contributed by atoms with E-state index in [0.717, 1.165) is 0 Å². The number of aliphatic hydroxyl groups is 1. The Morgan fingerprint density at radius 2 is 2.14 bits per heavy atom. The average Bonchev–Trinajstić information content (AvgIpc) is 3.01. The van der Waals surface area contributed by atoms with Crippen LogP contribution in [-0.4, -0.2) is 33.3 Å². The van der Waals surface area contributed by atoms with Crippen molar-refractivity contribution in [1.29, 1.82) is 0 Å². The molecule has 1 unspecified atom stereocenters. The fraction of sp³-hybridized carbons (Fsp3) is 0.467. The van der Waals surface area contributed by atoms with Gasteiger partial charge in [-0.2, -0.15) is 0 Å². The van der Waals surface area contributed by atoms with Gasteiger partial charge >= 0.3 is 0 Å². The Kier molecular flexibility index (Phi) is 4.16. The predicted octanol–water partition coefficient (Wildman–Crippen LogP) is 2.68. The van der Waals surface area contributed by atoms with Gasteiger partial charge < -0.3 is 9.84 Å². The van der Waals surface area contributed by atoms with E-state index < -0.39 is 11.4 Å². The van der Waals surface area contributed by atoms with Gasteiger partial charge in [0, 0.05) is 31.6 Å². The van der Waals surface area contributed by atoms with Gasteiger partial charge in [0.1, 0.15) is 17.1 Å². The molecule has 7 heteroatoms. The van der Waals surface area contributed by atoms with Gasteiger partial charge in [0.15, 0.2) is 0 Å². The highest BCUT2D eigenvalue weighted by Gasteiger charge is 2.35. The SMILES string of the molecule is CC(c1cccc(Cl)c1F)n1cc(C2(O)CCOCC2)nn1. The largest absolute Gasteiger partial charge is 0.383 e. The molecular weight excluding hydrogens is 309 g/mol. The van der Waals surface area contributed by atoms with Crippen LogP contribution in [0.4, 0.5) is 4.39 Å². The molecule has 0 amide bonds. The average molecular weight is 326 g/mol. The van der Waals surface area contributed by atoms with E-state index in [1.54, 1.807) is 25.3 Å². The van der Waals surface area contributed by atoms with Gasteiger partial charge in [-0.25, -0.2) is 9.07 Å². The zero-order valence-corrected chi connectivity index (χ0v) is 12.9. The number of nitrogens with zero attached hydrogens (tertiary/aromatic N) is 3. The minimum absolute atomic E-state index is 0.0766. The molecule has 118 valence electrons. The summed E-state index contributed by atoms with van der Waals surface area (Å²) in [6.07, 6.45) is 2.62. The summed E-state index contributed by atoms with van der Waals surface area (Å²) >= 11 is 5.82. The third-order valence-corrected chi connectivity index (χ3v) is 4.43. The lowest BCUT2D eigenvalue weighted by molar-refractivity contribution is -0.0706. The lowest BCUT2D eigenvalue weighted by atomic mass is 9.91. The first kappa shape index (κ1) is 15.4. The Bertz CT molecular complexity index is 671. The Morgan fingerprint density at radius 1 is 1.41 bits per heavy atom. The minimum Gasteiger partial charge on any atom is -0.383 e. The molecule has 1 fully saturated rings. The van der Waals surface area contributed by atoms with E-state index in [1.165, 1.54) is 10.7 Å². The molecule has 22 heavy (non-hydrogen) atoms. The molecule has 1 aromatic heterocycles. The quantitative estimate of drug-likeness (QED) is 0.942. The molecule has 5 nitrogen and oxygen atoms in total. The van der Waals surface area contributed by atoms with Crippen LogP contribution in [0, 0.1) is 5.82 Å². The summed E-state index contributed by atoms with van der Waals surface area (Å²) in [6.45, 7) is 2.78. The van der Waals surface area contributed by atoms with Crippen LogP contribution in [0.2, 0.25) is 5.02 Å². The van der Waals surface area contributed by atoms with E-state index in [1.807, 2.05) is 0 Å². The maximum atomic E-state index is 14.1. The minimum atomic E-state index is -1.02. The highest BCUT2D eigenvalue weighted by atomic mass is 35.5. The van der Waals surface area contributed by atoms with Crippen LogP contribution in [0.1, 0.15) is 37.1 Å². The molecule has 0 saturated carbocycles. The molecule has 2 heterocycles. The molecule has 1 N–H and O–H groups in total. The van der Waals surface area contributed by atoms with E-state index in [2.05, 4.69) is 10.3 Å². The number of aromatic nitrogens is 3. The third-order valence-electron chi connectivity index (χ3n) is 4.14. The number of ether oxygens (including phenoxy) is 1. The van der Waals surface area contributed by atoms with Crippen LogP contribution in [-0.2, 0) is 10.3 Å². The maximum absolute atomic E-state index is 14.1. The monoisotopic (exact) mass is 325 g/mol. The number of hydrogen-bond acceptors (Lipinski definition) is 4. The van der Waals surface area contributed by atoms with Gasteiger partial charge in [0.05, 0.1) is 17.3 Å². The normalized spacial score (nSPS) is 19.1. The Labute approximate surface area is 132 Å². The van der Waals surface area contributed by atoms with Crippen LogP contribution in [0.25, 0.3) is 0 Å². The van der Waals surface area contributed by atoms with Crippen LogP contribution in [0.15, 0.2) is 24.4 Å². The second-order valence-electron chi connectivity index (χ2n) is 5.55. The first-order valence-corrected chi connectivity index (χ1v) is 7.55. The Morgan fingerprint density at radius 3 is 2.86 bits per heavy atom. The van der Waals surface area contributed by atoms with Crippen molar-refractivity contribution in [3.63, 3.8) is 0 Å². The number of rotatable bonds is 3. The van der Waals surface area contributed by atoms with E-state index >= 15 is 0 Å². The van der Waals surface area contributed by atoms with Crippen LogP contribution in [0.3, 0.4) is 0 Å². The van der Waals surface area contributed by atoms with Crippen LogP contribution in [0.5, 0.6) is 0 Å². The Balaban J connectivity index is 1.88. The first-order chi connectivity index (χ1) is 10.5. The van der Waals surface area contributed by atoms with Crippen molar-refractivity contribution in [2.24, 2.45) is 0 Å². The molecule has 2 aromatic rings. The van der Waals surface area contributed by atoms with Crippen molar-refractivity contribution in [3.05, 3.63) is 46.5 Å². The van der Waals surface area contributed by atoms with Gasteiger partial charge in [-0.1, -0.05) is 28.9 Å². The van der Waals surface area contributed by atoms with Gasteiger partial charge in [0.25, 0.3) is 0 Å². The summed E-state index contributed by atoms with van der Waals surface area (Å²) < 4.78 is 20.9. The topological polar surface area (TPSA) is 60.2 Å². The van der Waals surface area contributed by atoms with Crippen molar-refractivity contribution in [3.8, 4) is 0 Å². The summed E-state index contributed by atoms with van der Waals surface area (Å²) in [6, 6.07) is 4.49. The van der Waals surface area contributed by atoms with Gasteiger partial charge in [-0.3, -0.25) is 0 Å². The third kappa shape index (κ3) is 2.74. The van der Waals surface area contributed by atoms with Crippen molar-refractivity contribution < 1.29 is 14.2 Å². The van der Waals surface area contributed by atoms with E-state index in [-0.39, 0.29) is 11.1 Å². The molecule has 1 aliphatic rings. The fourth-order valence-electron chi connectivity index (χ4n) is 2.63. The smallest absolute Gasteiger partial charge is 0.147 e. The van der Waals surface area contributed by atoms with Gasteiger partial charge in [-0.15, -0.1) is 5.10 Å².